The van der Waals surface area contributed by atoms with E-state index in [0.29, 0.717) is 24.3 Å². The van der Waals surface area contributed by atoms with E-state index in [0.717, 1.165) is 0 Å². The zero-order chi connectivity index (χ0) is 66.1. The van der Waals surface area contributed by atoms with Gasteiger partial charge in [-0.05, 0) is 48.5 Å². The second kappa shape index (κ2) is 18.6. The van der Waals surface area contributed by atoms with Crippen molar-refractivity contribution < 1.29 is 167 Å². The van der Waals surface area contributed by atoms with Crippen LogP contribution in [0.4, 0.5) is 167 Å². The molecule has 0 bridgehead atoms. The largest absolute Gasteiger partial charge is 0.460 e. The van der Waals surface area contributed by atoms with E-state index >= 15 is 70.2 Å². The lowest BCUT2D eigenvalue weighted by Gasteiger charge is -2.39. The maximum Gasteiger partial charge on any atom is 0.460 e. The van der Waals surface area contributed by atoms with Crippen LogP contribution in [0.3, 0.4) is 0 Å². The Hall–Kier alpha value is -4.46. The first-order chi connectivity index (χ1) is 38.1. The van der Waals surface area contributed by atoms with Crippen LogP contribution in [0.2, 0.25) is 0 Å². The molecule has 0 nitrogen and oxygen atoms in total. The summed E-state index contributed by atoms with van der Waals surface area (Å²) in [7, 11) is 0. The van der Waals surface area contributed by atoms with E-state index in [1.165, 1.54) is 0 Å². The van der Waals surface area contributed by atoms with Gasteiger partial charge in [-0.3, -0.25) is 0 Å². The summed E-state index contributed by atoms with van der Waals surface area (Å²) < 4.78 is 546. The monoisotopic (exact) mass is 1430 g/mol. The van der Waals surface area contributed by atoms with Crippen molar-refractivity contribution in [3.63, 3.8) is 0 Å². The molecule has 6 aromatic heterocycles. The van der Waals surface area contributed by atoms with Crippen LogP contribution in [0.1, 0.15) is 32.0 Å². The summed E-state index contributed by atoms with van der Waals surface area (Å²) in [6, 6.07) is 0.731. The third kappa shape index (κ3) is 8.14. The third-order valence-electron chi connectivity index (χ3n) is 12.7. The molecular formula is C42H8F38S6. The molecule has 0 aliphatic heterocycles. The number of alkyl halides is 38. The minimum absolute atomic E-state index is 0.0428. The highest BCUT2D eigenvalue weighted by molar-refractivity contribution is 7.30. The summed E-state index contributed by atoms with van der Waals surface area (Å²) in [6.07, 6.45) is -15.7. The molecule has 8 rings (SSSR count). The van der Waals surface area contributed by atoms with Gasteiger partial charge in [0.05, 0.1) is 51.5 Å². The Morgan fingerprint density at radius 1 is 0.221 bits per heavy atom. The topological polar surface area (TPSA) is 0 Å². The van der Waals surface area contributed by atoms with Gasteiger partial charge in [-0.15, -0.1) is 68.0 Å². The molecule has 2 aliphatic rings. The standard InChI is InChI=1S/C42H8F38S6/c43-25(44,33(59,60)35(63,64)37(67,68)39(71,72)41(75,76)77)15-7-5-13(83-15)23-19-17(27(47,48)31(55,56)29(19,51)52)21(85-23)11-3-1-9(81-11)10-2-4-12(82-10)22-18-20(30(53,54)32(57,58)28(18,49)50)24(86-22)14-6-8-16(84-14)26(45,46)34(61,62)36(65,66)38(69,70)40(73,74)42(78,79)80/h1-8H. The van der Waals surface area contributed by atoms with Crippen LogP contribution in [0.5, 0.6) is 0 Å². The Morgan fingerprint density at radius 2 is 0.419 bits per heavy atom. The summed E-state index contributed by atoms with van der Waals surface area (Å²) in [5, 5.41) is 0. The molecule has 0 aromatic carbocycles. The lowest BCUT2D eigenvalue weighted by Crippen LogP contribution is -2.69. The highest BCUT2D eigenvalue weighted by Gasteiger charge is 2.93. The van der Waals surface area contributed by atoms with Crippen LogP contribution < -0.4 is 0 Å². The van der Waals surface area contributed by atoms with Crippen molar-refractivity contribution in [1.82, 2.24) is 0 Å². The molecule has 0 spiro atoms. The fraction of sp³-hybridized carbons (Fsp3) is 0.429. The van der Waals surface area contributed by atoms with E-state index in [1.54, 1.807) is 0 Å². The Bertz CT molecular complexity index is 3400. The quantitative estimate of drug-likeness (QED) is 0.0899. The van der Waals surface area contributed by atoms with Crippen molar-refractivity contribution in [2.75, 3.05) is 0 Å². The molecule has 2 aliphatic carbocycles. The highest BCUT2D eigenvalue weighted by Crippen LogP contribution is 2.73. The summed E-state index contributed by atoms with van der Waals surface area (Å²) >= 11 is -3.85. The van der Waals surface area contributed by atoms with Crippen molar-refractivity contribution in [2.24, 2.45) is 0 Å². The summed E-state index contributed by atoms with van der Waals surface area (Å²) in [4.78, 5) is -18.6. The molecule has 0 fully saturated rings. The second-order valence-electron chi connectivity index (χ2n) is 17.9. The van der Waals surface area contributed by atoms with Gasteiger partial charge in [0.25, 0.3) is 0 Å². The van der Waals surface area contributed by atoms with Gasteiger partial charge in [-0.25, -0.2) is 0 Å². The zero-order valence-corrected chi connectivity index (χ0v) is 43.3. The molecule has 0 radical (unpaired) electrons. The smallest absolute Gasteiger partial charge is 0.194 e. The van der Waals surface area contributed by atoms with E-state index < -0.39 is 245 Å². The van der Waals surface area contributed by atoms with Crippen molar-refractivity contribution in [3.8, 4) is 48.8 Å². The number of fused-ring (bicyclic) bond motifs is 2. The first-order valence-electron chi connectivity index (χ1n) is 21.0. The van der Waals surface area contributed by atoms with E-state index in [4.69, 9.17) is 0 Å². The van der Waals surface area contributed by atoms with Crippen molar-refractivity contribution in [3.05, 3.63) is 80.5 Å². The number of thiophene rings is 6. The molecule has 0 atom stereocenters. The van der Waals surface area contributed by atoms with Gasteiger partial charge >= 0.3 is 107 Å². The highest BCUT2D eigenvalue weighted by atomic mass is 32.1. The average Bonchev–Trinajstić information content (AvgIpc) is 1.43. The summed E-state index contributed by atoms with van der Waals surface area (Å²) in [5.41, 5.74) is -10.1. The fourth-order valence-corrected chi connectivity index (χ4v) is 15.4. The molecule has 86 heavy (non-hydrogen) atoms. The lowest BCUT2D eigenvalue weighted by molar-refractivity contribution is -0.441. The second-order valence-corrected chi connectivity index (χ2v) is 24.2. The van der Waals surface area contributed by atoms with Gasteiger partial charge in [0.2, 0.25) is 0 Å². The van der Waals surface area contributed by atoms with Gasteiger partial charge in [0.15, 0.2) is 0 Å². The molecule has 0 saturated carbocycles. The van der Waals surface area contributed by atoms with Crippen LogP contribution in [0.15, 0.2) is 48.5 Å². The molecule has 478 valence electrons. The van der Waals surface area contributed by atoms with Crippen molar-refractivity contribution >= 4 is 68.0 Å². The van der Waals surface area contributed by atoms with Gasteiger partial charge in [-0.1, -0.05) is 0 Å². The van der Waals surface area contributed by atoms with E-state index in [9.17, 15) is 96.6 Å². The molecule has 0 saturated heterocycles. The maximum absolute atomic E-state index is 15.6. The van der Waals surface area contributed by atoms with Gasteiger partial charge in [0.1, 0.15) is 0 Å². The average molecular weight is 1430 g/mol. The van der Waals surface area contributed by atoms with E-state index in [-0.39, 0.29) is 34.8 Å². The summed E-state index contributed by atoms with van der Waals surface area (Å²) in [6.45, 7) is 0. The van der Waals surface area contributed by atoms with Crippen LogP contribution in [0.25, 0.3) is 48.8 Å². The Morgan fingerprint density at radius 3 is 0.651 bits per heavy atom. The van der Waals surface area contributed by atoms with Gasteiger partial charge in [-0.2, -0.15) is 167 Å². The maximum atomic E-state index is 15.6. The van der Waals surface area contributed by atoms with Crippen LogP contribution >= 0.6 is 68.0 Å². The molecular weight excluding hydrogens is 1420 g/mol. The Balaban J connectivity index is 1.20. The number of hydrogen-bond acceptors (Lipinski definition) is 6. The van der Waals surface area contributed by atoms with Gasteiger partial charge in [0, 0.05) is 29.3 Å². The minimum atomic E-state index is -8.44. The fourth-order valence-electron chi connectivity index (χ4n) is 8.07. The molecule has 0 amide bonds. The summed E-state index contributed by atoms with van der Waals surface area (Å²) in [5.74, 6) is -118. The molecule has 6 heterocycles. The Kier molecular flexibility index (Phi) is 14.6. The lowest BCUT2D eigenvalue weighted by atomic mass is 9.93. The third-order valence-corrected chi connectivity index (χ3v) is 20.5. The number of hydrogen-bond donors (Lipinski definition) is 0. The molecule has 0 unspecified atom stereocenters. The zero-order valence-electron chi connectivity index (χ0n) is 38.4. The first-order valence-corrected chi connectivity index (χ1v) is 25.9. The predicted molar refractivity (Wildman–Crippen MR) is 226 cm³/mol. The van der Waals surface area contributed by atoms with E-state index in [1.807, 2.05) is 0 Å². The number of rotatable bonds is 15. The van der Waals surface area contributed by atoms with Crippen LogP contribution in [-0.2, 0) is 35.5 Å². The van der Waals surface area contributed by atoms with Crippen molar-refractivity contribution in [2.45, 2.75) is 107 Å². The van der Waals surface area contributed by atoms with Gasteiger partial charge < -0.3 is 0 Å². The van der Waals surface area contributed by atoms with Crippen LogP contribution in [0, 0.1) is 0 Å². The molecule has 44 heteroatoms. The van der Waals surface area contributed by atoms with Crippen LogP contribution in [-0.4, -0.2) is 71.6 Å². The predicted octanol–water partition coefficient (Wildman–Crippen LogP) is 22.4. The molecule has 0 N–H and O–H groups in total. The van der Waals surface area contributed by atoms with Crippen molar-refractivity contribution in [1.29, 1.82) is 0 Å². The normalized spacial score (nSPS) is 19.4. The van der Waals surface area contributed by atoms with E-state index in [2.05, 4.69) is 0 Å². The Labute approximate surface area is 469 Å². The number of halogens is 38. The minimum Gasteiger partial charge on any atom is -0.194 e. The molecule has 6 aromatic rings. The SMILES string of the molecule is FC(F)(F)C(F)(F)C(F)(F)C(F)(F)C(F)(F)C(F)(F)c1ccc(-c2sc(-c3ccc(-c4ccc(-c5sc(-c6ccc(C(F)(F)C(F)(F)C(F)(F)C(F)(F)C(F)(F)C(F)(F)F)s6)c6c5C(F)(F)C(F)(F)C6(F)F)s4)s3)c3c2C(F)(F)C(F)(F)C3(F)F)s1. The first kappa shape index (κ1) is 67.5.